The van der Waals surface area contributed by atoms with Crippen LogP contribution in [0.2, 0.25) is 0 Å². The number of carboxylic acids is 1. The summed E-state index contributed by atoms with van der Waals surface area (Å²) in [4.78, 5) is 11.6. The molecule has 0 amide bonds. The molecule has 24 heavy (non-hydrogen) atoms. The first kappa shape index (κ1) is 20.2. The summed E-state index contributed by atoms with van der Waals surface area (Å²) >= 11 is 0. The molecule has 8 heteroatoms. The number of hydrogen-bond donors (Lipinski definition) is 2. The van der Waals surface area contributed by atoms with Crippen molar-refractivity contribution in [2.24, 2.45) is 5.92 Å². The average Bonchev–Trinajstić information content (AvgIpc) is 2.45. The zero-order valence-corrected chi connectivity index (χ0v) is 15.3. The Morgan fingerprint density at radius 1 is 1.38 bits per heavy atom. The molecule has 0 heterocycles. The highest BCUT2D eigenvalue weighted by atomic mass is 31.2. The van der Waals surface area contributed by atoms with Crippen molar-refractivity contribution in [2.75, 3.05) is 0 Å². The summed E-state index contributed by atoms with van der Waals surface area (Å²) in [6, 6.07) is 8.03. The van der Waals surface area contributed by atoms with Crippen LogP contribution in [0.15, 0.2) is 24.3 Å². The van der Waals surface area contributed by atoms with E-state index in [1.165, 1.54) is 19.1 Å². The lowest BCUT2D eigenvalue weighted by Gasteiger charge is -2.34. The molecule has 132 valence electrons. The highest BCUT2D eigenvalue weighted by Gasteiger charge is 2.45. The van der Waals surface area contributed by atoms with Crippen molar-refractivity contribution in [1.82, 2.24) is 5.09 Å². The van der Waals surface area contributed by atoms with Crippen LogP contribution in [0.3, 0.4) is 0 Å². The third-order valence-corrected chi connectivity index (χ3v) is 5.40. The Bertz CT molecular complexity index is 683. The summed E-state index contributed by atoms with van der Waals surface area (Å²) in [5, 5.41) is 21.0. The van der Waals surface area contributed by atoms with E-state index in [1.807, 2.05) is 6.07 Å². The third-order valence-electron chi connectivity index (χ3n) is 3.51. The lowest BCUT2D eigenvalue weighted by molar-refractivity contribution is -0.145. The lowest BCUT2D eigenvalue weighted by atomic mass is 9.90. The monoisotopic (exact) mass is 354 g/mol. The Morgan fingerprint density at radius 2 is 2.00 bits per heavy atom. The predicted molar refractivity (Wildman–Crippen MR) is 89.6 cm³/mol. The molecule has 0 fully saturated rings. The van der Waals surface area contributed by atoms with Crippen molar-refractivity contribution in [3.63, 3.8) is 0 Å². The fraction of sp³-hybridized carbons (Fsp3) is 0.500. The highest BCUT2D eigenvalue weighted by Crippen LogP contribution is 2.48. The zero-order chi connectivity index (χ0) is 18.5. The van der Waals surface area contributed by atoms with Gasteiger partial charge in [-0.05, 0) is 44.9 Å². The number of rotatable bonds is 8. The van der Waals surface area contributed by atoms with Crippen LogP contribution in [0, 0.1) is 17.2 Å². The topological polar surface area (TPSA) is 109 Å². The second-order valence-corrected chi connectivity index (χ2v) is 7.77. The summed E-state index contributed by atoms with van der Waals surface area (Å²) in [6.07, 6.45) is -0.465. The van der Waals surface area contributed by atoms with Crippen molar-refractivity contribution in [2.45, 2.75) is 46.3 Å². The van der Waals surface area contributed by atoms with Gasteiger partial charge in [-0.3, -0.25) is 9.32 Å². The van der Waals surface area contributed by atoms with Gasteiger partial charge in [0.15, 0.2) is 0 Å². The van der Waals surface area contributed by atoms with Gasteiger partial charge in [-0.2, -0.15) is 10.3 Å². The third kappa shape index (κ3) is 5.07. The highest BCUT2D eigenvalue weighted by molar-refractivity contribution is 7.52. The normalized spacial score (nSPS) is 16.2. The van der Waals surface area contributed by atoms with Crippen LogP contribution in [0.25, 0.3) is 0 Å². The van der Waals surface area contributed by atoms with Crippen molar-refractivity contribution >= 4 is 13.7 Å². The molecule has 0 aromatic heterocycles. The summed E-state index contributed by atoms with van der Waals surface area (Å²) in [5.74, 6) is -1.39. The van der Waals surface area contributed by atoms with E-state index in [4.69, 9.17) is 14.3 Å². The molecular weight excluding hydrogens is 331 g/mol. The standard InChI is InChI=1S/C16H23N2O5P/c1-11(2)16(5,15(19)20)18-24(21,22-12(3)4)23-14-8-6-7-13(9-14)10-17/h6-9,11-12H,1-5H3,(H,18,21)(H,19,20). The molecule has 2 N–H and O–H groups in total. The zero-order valence-electron chi connectivity index (χ0n) is 14.4. The first-order valence-corrected chi connectivity index (χ1v) is 9.07. The minimum atomic E-state index is -4.00. The fourth-order valence-electron chi connectivity index (χ4n) is 1.82. The molecule has 0 aliphatic carbocycles. The minimum absolute atomic E-state index is 0.155. The molecule has 0 spiro atoms. The maximum atomic E-state index is 13.1. The Hall–Kier alpha value is -1.87. The van der Waals surface area contributed by atoms with E-state index in [0.717, 1.165) is 0 Å². The van der Waals surface area contributed by atoms with Gasteiger partial charge in [-0.25, -0.2) is 4.57 Å². The van der Waals surface area contributed by atoms with Crippen molar-refractivity contribution in [1.29, 1.82) is 5.26 Å². The van der Waals surface area contributed by atoms with Crippen LogP contribution >= 0.6 is 7.75 Å². The number of carboxylic acid groups (broad SMARTS) is 1. The number of nitriles is 1. The molecular formula is C16H23N2O5P. The van der Waals surface area contributed by atoms with Crippen LogP contribution in [0.5, 0.6) is 5.75 Å². The Kier molecular flexibility index (Phi) is 6.56. The molecule has 0 saturated heterocycles. The second kappa shape index (κ2) is 7.80. The summed E-state index contributed by atoms with van der Waals surface area (Å²) in [6.45, 7) is 8.13. The molecule has 1 aromatic carbocycles. The first-order chi connectivity index (χ1) is 11.0. The van der Waals surface area contributed by atoms with Crippen LogP contribution in [0.1, 0.15) is 40.2 Å². The summed E-state index contributed by atoms with van der Waals surface area (Å²) in [7, 11) is -4.00. The van der Waals surface area contributed by atoms with Gasteiger partial charge in [0.1, 0.15) is 11.3 Å². The number of aliphatic carboxylic acids is 1. The Morgan fingerprint density at radius 3 is 2.46 bits per heavy atom. The molecule has 1 rings (SSSR count). The number of hydrogen-bond acceptors (Lipinski definition) is 5. The predicted octanol–water partition coefficient (Wildman–Crippen LogP) is 3.56. The van der Waals surface area contributed by atoms with Gasteiger partial charge in [-0.15, -0.1) is 0 Å². The van der Waals surface area contributed by atoms with E-state index < -0.39 is 25.4 Å². The van der Waals surface area contributed by atoms with Crippen LogP contribution in [-0.4, -0.2) is 22.7 Å². The van der Waals surface area contributed by atoms with Crippen LogP contribution < -0.4 is 9.61 Å². The molecule has 2 atom stereocenters. The van der Waals surface area contributed by atoms with E-state index in [0.29, 0.717) is 5.56 Å². The number of carbonyl (C=O) groups is 1. The first-order valence-electron chi connectivity index (χ1n) is 7.53. The van der Waals surface area contributed by atoms with Crippen molar-refractivity contribution < 1.29 is 23.5 Å². The summed E-state index contributed by atoms with van der Waals surface area (Å²) in [5.41, 5.74) is -1.19. The van der Waals surface area contributed by atoms with Gasteiger partial charge in [-0.1, -0.05) is 19.9 Å². The number of nitrogens with one attached hydrogen (secondary N) is 1. The van der Waals surface area contributed by atoms with E-state index >= 15 is 0 Å². The second-order valence-electron chi connectivity index (χ2n) is 6.16. The van der Waals surface area contributed by atoms with Gasteiger partial charge < -0.3 is 9.63 Å². The maximum Gasteiger partial charge on any atom is 0.459 e. The van der Waals surface area contributed by atoms with E-state index in [1.54, 1.807) is 39.8 Å². The largest absolute Gasteiger partial charge is 0.480 e. The maximum absolute atomic E-state index is 13.1. The lowest BCUT2D eigenvalue weighted by Crippen LogP contribution is -2.52. The van der Waals surface area contributed by atoms with E-state index in [-0.39, 0.29) is 11.7 Å². The van der Waals surface area contributed by atoms with Gasteiger partial charge in [0.05, 0.1) is 17.7 Å². The molecule has 1 aromatic rings. The Balaban J connectivity index is 3.21. The van der Waals surface area contributed by atoms with Gasteiger partial charge in [0.2, 0.25) is 0 Å². The molecule has 7 nitrogen and oxygen atoms in total. The molecule has 0 bridgehead atoms. The smallest absolute Gasteiger partial charge is 0.459 e. The molecule has 0 radical (unpaired) electrons. The fourth-order valence-corrected chi connectivity index (χ4v) is 3.83. The van der Waals surface area contributed by atoms with Crippen molar-refractivity contribution in [3.05, 3.63) is 29.8 Å². The Labute approximate surface area is 142 Å². The number of benzene rings is 1. The van der Waals surface area contributed by atoms with Crippen molar-refractivity contribution in [3.8, 4) is 11.8 Å². The molecule has 2 unspecified atom stereocenters. The van der Waals surface area contributed by atoms with Gasteiger partial charge in [0.25, 0.3) is 0 Å². The van der Waals surface area contributed by atoms with Gasteiger partial charge >= 0.3 is 13.7 Å². The molecule has 0 aliphatic rings. The van der Waals surface area contributed by atoms with Gasteiger partial charge in [0, 0.05) is 0 Å². The average molecular weight is 354 g/mol. The van der Waals surface area contributed by atoms with Crippen LogP contribution in [-0.2, 0) is 13.9 Å². The molecule has 0 aliphatic heterocycles. The van der Waals surface area contributed by atoms with Crippen LogP contribution in [0.4, 0.5) is 0 Å². The number of nitrogens with zero attached hydrogens (tertiary/aromatic N) is 1. The SMILES string of the molecule is CC(C)OP(=O)(NC(C)(C(=O)O)C(C)C)Oc1cccc(C#N)c1. The summed E-state index contributed by atoms with van der Waals surface area (Å²) < 4.78 is 24.0. The molecule has 0 saturated carbocycles. The minimum Gasteiger partial charge on any atom is -0.480 e. The van der Waals surface area contributed by atoms with E-state index in [2.05, 4.69) is 5.09 Å². The quantitative estimate of drug-likeness (QED) is 0.687. The van der Waals surface area contributed by atoms with E-state index in [9.17, 15) is 14.5 Å².